The number of carbonyl (C=O) groups excluding carboxylic acids is 1. The van der Waals surface area contributed by atoms with Crippen molar-refractivity contribution in [2.45, 2.75) is 66.3 Å². The van der Waals surface area contributed by atoms with Gasteiger partial charge >= 0.3 is 0 Å². The van der Waals surface area contributed by atoms with E-state index in [4.69, 9.17) is 14.7 Å². The van der Waals surface area contributed by atoms with E-state index in [0.29, 0.717) is 18.5 Å². The van der Waals surface area contributed by atoms with Crippen LogP contribution in [0, 0.1) is 19.8 Å². The van der Waals surface area contributed by atoms with E-state index in [1.54, 1.807) is 0 Å². The average Bonchev–Trinajstić information content (AvgIpc) is 3.02. The molecule has 30 heavy (non-hydrogen) atoms. The Balaban J connectivity index is 1.80. The minimum absolute atomic E-state index is 0.00535. The van der Waals surface area contributed by atoms with Crippen LogP contribution in [0.3, 0.4) is 0 Å². The number of thiophene rings is 1. The first-order chi connectivity index (χ1) is 14.1. The van der Waals surface area contributed by atoms with Crippen molar-refractivity contribution in [3.05, 3.63) is 22.0 Å². The van der Waals surface area contributed by atoms with Crippen molar-refractivity contribution >= 4 is 27.5 Å². The number of carbonyl (C=O) groups is 1. The van der Waals surface area contributed by atoms with Gasteiger partial charge in [-0.1, -0.05) is 34.6 Å². The lowest BCUT2D eigenvalue weighted by molar-refractivity contribution is 0.0125. The Morgan fingerprint density at radius 2 is 1.87 bits per heavy atom. The molecule has 2 aromatic rings. The molecule has 0 aliphatic carbocycles. The molecule has 0 saturated carbocycles. The zero-order valence-corrected chi connectivity index (χ0v) is 20.3. The molecule has 0 aromatic carbocycles. The largest absolute Gasteiger partial charge is 0.379 e. The number of hydrogen-bond acceptors (Lipinski definition) is 6. The lowest BCUT2D eigenvalue weighted by atomic mass is 9.95. The van der Waals surface area contributed by atoms with Gasteiger partial charge in [0.2, 0.25) is 0 Å². The molecule has 0 bridgehead atoms. The fourth-order valence-electron chi connectivity index (χ4n) is 4.03. The van der Waals surface area contributed by atoms with Gasteiger partial charge in [0.25, 0.3) is 5.91 Å². The summed E-state index contributed by atoms with van der Waals surface area (Å²) in [5.74, 6) is 1.40. The van der Waals surface area contributed by atoms with Crippen LogP contribution in [0.2, 0.25) is 0 Å². The number of morpholine rings is 1. The number of amides is 1. The minimum Gasteiger partial charge on any atom is -0.379 e. The van der Waals surface area contributed by atoms with E-state index in [1.807, 2.05) is 13.8 Å². The summed E-state index contributed by atoms with van der Waals surface area (Å²) >= 11 is 1.48. The first-order valence-corrected chi connectivity index (χ1v) is 11.8. The topological polar surface area (TPSA) is 67.4 Å². The van der Waals surface area contributed by atoms with Gasteiger partial charge in [-0.05, 0) is 31.7 Å². The van der Waals surface area contributed by atoms with Gasteiger partial charge in [0.1, 0.15) is 10.7 Å². The summed E-state index contributed by atoms with van der Waals surface area (Å²) in [6.07, 6.45) is 1.06. The normalized spacial score (nSPS) is 16.9. The number of nitrogens with one attached hydrogen (secondary N) is 1. The van der Waals surface area contributed by atoms with Crippen molar-refractivity contribution in [1.29, 1.82) is 0 Å². The molecule has 3 heterocycles. The summed E-state index contributed by atoms with van der Waals surface area (Å²) in [5.41, 5.74) is 1.81. The summed E-state index contributed by atoms with van der Waals surface area (Å²) in [4.78, 5) is 26.7. The van der Waals surface area contributed by atoms with Gasteiger partial charge in [0, 0.05) is 36.5 Å². The third kappa shape index (κ3) is 5.18. The lowest BCUT2D eigenvalue weighted by Crippen LogP contribution is -2.49. The molecule has 0 spiro atoms. The Morgan fingerprint density at radius 3 is 2.47 bits per heavy atom. The van der Waals surface area contributed by atoms with E-state index in [2.05, 4.69) is 44.8 Å². The fraction of sp³-hybridized carbons (Fsp3) is 0.696. The average molecular weight is 433 g/mol. The molecule has 1 aliphatic rings. The Morgan fingerprint density at radius 1 is 1.20 bits per heavy atom. The fourth-order valence-corrected chi connectivity index (χ4v) is 5.18. The predicted molar refractivity (Wildman–Crippen MR) is 124 cm³/mol. The van der Waals surface area contributed by atoms with Crippen molar-refractivity contribution in [3.63, 3.8) is 0 Å². The van der Waals surface area contributed by atoms with Crippen molar-refractivity contribution in [2.24, 2.45) is 5.92 Å². The summed E-state index contributed by atoms with van der Waals surface area (Å²) in [6.45, 7) is 18.9. The molecule has 6 nitrogen and oxygen atoms in total. The zero-order chi connectivity index (χ0) is 22.1. The molecule has 1 saturated heterocycles. The number of aromatic nitrogens is 2. The Kier molecular flexibility index (Phi) is 7.15. The molecular weight excluding hydrogens is 396 g/mol. The van der Waals surface area contributed by atoms with E-state index >= 15 is 0 Å². The van der Waals surface area contributed by atoms with Crippen molar-refractivity contribution in [3.8, 4) is 0 Å². The lowest BCUT2D eigenvalue weighted by Gasteiger charge is -2.35. The van der Waals surface area contributed by atoms with Gasteiger partial charge in [0.15, 0.2) is 0 Å². The third-order valence-corrected chi connectivity index (χ3v) is 6.84. The Labute approximate surface area is 184 Å². The number of ether oxygens (including phenoxy) is 1. The van der Waals surface area contributed by atoms with Gasteiger partial charge in [-0.2, -0.15) is 0 Å². The summed E-state index contributed by atoms with van der Waals surface area (Å²) in [5, 5.41) is 4.23. The van der Waals surface area contributed by atoms with Crippen molar-refractivity contribution in [2.75, 3.05) is 32.8 Å². The second kappa shape index (κ2) is 9.28. The maximum atomic E-state index is 13.1. The van der Waals surface area contributed by atoms with Crippen LogP contribution >= 0.6 is 11.3 Å². The van der Waals surface area contributed by atoms with Crippen LogP contribution in [0.5, 0.6) is 0 Å². The molecular formula is C23H36N4O2S. The highest BCUT2D eigenvalue weighted by Crippen LogP contribution is 2.33. The SMILES string of the molecule is Cc1nc(C(C)(C)C)nc2sc(C(=O)NC[C@@H](CC(C)C)N3CCOCC3)c(C)c12. The third-order valence-electron chi connectivity index (χ3n) is 5.65. The molecule has 7 heteroatoms. The second-order valence-electron chi connectivity index (χ2n) is 9.76. The van der Waals surface area contributed by atoms with Gasteiger partial charge in [-0.3, -0.25) is 9.69 Å². The van der Waals surface area contributed by atoms with E-state index < -0.39 is 0 Å². The van der Waals surface area contributed by atoms with E-state index in [1.165, 1.54) is 11.3 Å². The quantitative estimate of drug-likeness (QED) is 0.745. The Hall–Kier alpha value is -1.57. The maximum absolute atomic E-state index is 13.1. The first-order valence-electron chi connectivity index (χ1n) is 11.0. The zero-order valence-electron chi connectivity index (χ0n) is 19.5. The van der Waals surface area contributed by atoms with Gasteiger partial charge in [-0.15, -0.1) is 11.3 Å². The van der Waals surface area contributed by atoms with Gasteiger partial charge in [0.05, 0.1) is 23.8 Å². The highest BCUT2D eigenvalue weighted by molar-refractivity contribution is 7.20. The van der Waals surface area contributed by atoms with Crippen LogP contribution in [0.4, 0.5) is 0 Å². The van der Waals surface area contributed by atoms with Crippen LogP contribution in [0.1, 0.15) is 67.8 Å². The minimum atomic E-state index is -0.124. The number of aryl methyl sites for hydroxylation is 2. The number of hydrogen-bond donors (Lipinski definition) is 1. The van der Waals surface area contributed by atoms with Crippen LogP contribution in [0.25, 0.3) is 10.2 Å². The number of nitrogens with zero attached hydrogens (tertiary/aromatic N) is 3. The van der Waals surface area contributed by atoms with Crippen molar-refractivity contribution < 1.29 is 9.53 Å². The number of rotatable bonds is 6. The molecule has 0 unspecified atom stereocenters. The van der Waals surface area contributed by atoms with Crippen LogP contribution in [-0.2, 0) is 10.2 Å². The molecule has 1 fully saturated rings. The maximum Gasteiger partial charge on any atom is 0.261 e. The van der Waals surface area contributed by atoms with Crippen LogP contribution in [0.15, 0.2) is 0 Å². The standard InChI is InChI=1S/C23H36N4O2S/c1-14(2)12-17(27-8-10-29-11-9-27)13-24-20(28)19-15(3)18-16(4)25-22(23(5,6)7)26-21(18)30-19/h14,17H,8-13H2,1-7H3,(H,24,28)/t17-/m1/s1. The summed E-state index contributed by atoms with van der Waals surface area (Å²) in [7, 11) is 0. The molecule has 3 rings (SSSR count). The molecule has 0 radical (unpaired) electrons. The monoisotopic (exact) mass is 432 g/mol. The molecule has 1 atom stereocenters. The molecule has 166 valence electrons. The molecule has 1 N–H and O–H groups in total. The van der Waals surface area contributed by atoms with Crippen LogP contribution in [-0.4, -0.2) is 59.7 Å². The van der Waals surface area contributed by atoms with Gasteiger partial charge in [-0.25, -0.2) is 9.97 Å². The van der Waals surface area contributed by atoms with E-state index in [9.17, 15) is 4.79 Å². The highest BCUT2D eigenvalue weighted by atomic mass is 32.1. The predicted octanol–water partition coefficient (Wildman–Crippen LogP) is 4.08. The van der Waals surface area contributed by atoms with Crippen LogP contribution < -0.4 is 5.32 Å². The molecule has 1 aliphatic heterocycles. The molecule has 2 aromatic heterocycles. The second-order valence-corrected chi connectivity index (χ2v) is 10.8. The van der Waals surface area contributed by atoms with Gasteiger partial charge < -0.3 is 10.1 Å². The Bertz CT molecular complexity index is 895. The molecule has 1 amide bonds. The number of fused-ring (bicyclic) bond motifs is 1. The van der Waals surface area contributed by atoms with E-state index in [0.717, 1.165) is 64.9 Å². The first kappa shape index (κ1) is 23.1. The van der Waals surface area contributed by atoms with Crippen molar-refractivity contribution in [1.82, 2.24) is 20.2 Å². The highest BCUT2D eigenvalue weighted by Gasteiger charge is 2.25. The van der Waals surface area contributed by atoms with E-state index in [-0.39, 0.29) is 11.3 Å². The smallest absolute Gasteiger partial charge is 0.261 e. The summed E-state index contributed by atoms with van der Waals surface area (Å²) < 4.78 is 5.50. The summed E-state index contributed by atoms with van der Waals surface area (Å²) in [6, 6.07) is 0.335.